The highest BCUT2D eigenvalue weighted by atomic mass is 32.1. The van der Waals surface area contributed by atoms with Crippen LogP contribution in [0.4, 0.5) is 10.5 Å². The van der Waals surface area contributed by atoms with Crippen LogP contribution >= 0.6 is 11.3 Å². The van der Waals surface area contributed by atoms with E-state index >= 15 is 0 Å². The van der Waals surface area contributed by atoms with Crippen LogP contribution in [0.3, 0.4) is 0 Å². The Labute approximate surface area is 159 Å². The number of hydrogen-bond donors (Lipinski definition) is 3. The Kier molecular flexibility index (Phi) is 5.68. The standard InChI is InChI=1S/C21H28N2O2S/c1-14-6-7-17(12-15(14)2)23-20(25)22-13-21(10-4-5-11-21)19-9-8-18(26-19)16(3)24/h6-9,12,16,24H,4-5,10-11,13H2,1-3H3,(H2,22,23,25). The van der Waals surface area contributed by atoms with E-state index in [4.69, 9.17) is 0 Å². The second kappa shape index (κ2) is 7.80. The summed E-state index contributed by atoms with van der Waals surface area (Å²) in [5.41, 5.74) is 3.20. The molecule has 26 heavy (non-hydrogen) atoms. The molecule has 140 valence electrons. The number of hydrogen-bond acceptors (Lipinski definition) is 3. The van der Waals surface area contributed by atoms with Crippen LogP contribution in [0.5, 0.6) is 0 Å². The quantitative estimate of drug-likeness (QED) is 0.687. The van der Waals surface area contributed by atoms with Gasteiger partial charge < -0.3 is 15.7 Å². The Hall–Kier alpha value is -1.85. The van der Waals surface area contributed by atoms with Gasteiger partial charge in [-0.05, 0) is 69.0 Å². The number of urea groups is 1. The summed E-state index contributed by atoms with van der Waals surface area (Å²) in [5, 5.41) is 15.8. The number of carbonyl (C=O) groups is 1. The van der Waals surface area contributed by atoms with Gasteiger partial charge in [-0.2, -0.15) is 0 Å². The number of aliphatic hydroxyl groups excluding tert-OH is 1. The fourth-order valence-corrected chi connectivity index (χ4v) is 4.86. The highest BCUT2D eigenvalue weighted by Crippen LogP contribution is 2.44. The van der Waals surface area contributed by atoms with Crippen molar-refractivity contribution in [3.05, 3.63) is 51.2 Å². The summed E-state index contributed by atoms with van der Waals surface area (Å²) in [6, 6.07) is 9.93. The number of rotatable bonds is 5. The summed E-state index contributed by atoms with van der Waals surface area (Å²) in [4.78, 5) is 14.7. The summed E-state index contributed by atoms with van der Waals surface area (Å²) >= 11 is 1.67. The topological polar surface area (TPSA) is 61.4 Å². The highest BCUT2D eigenvalue weighted by molar-refractivity contribution is 7.12. The van der Waals surface area contributed by atoms with E-state index in [2.05, 4.69) is 23.6 Å². The number of nitrogens with one attached hydrogen (secondary N) is 2. The minimum absolute atomic E-state index is 0.00165. The molecular formula is C21H28N2O2S. The van der Waals surface area contributed by atoms with Crippen molar-refractivity contribution in [2.75, 3.05) is 11.9 Å². The number of thiophene rings is 1. The molecule has 2 aromatic rings. The van der Waals surface area contributed by atoms with Crippen LogP contribution < -0.4 is 10.6 Å². The van der Waals surface area contributed by atoms with Gasteiger partial charge in [0.1, 0.15) is 0 Å². The SMILES string of the molecule is Cc1ccc(NC(=O)NCC2(c3ccc(C(C)O)s3)CCCC2)cc1C. The zero-order chi connectivity index (χ0) is 18.7. The number of amides is 2. The molecule has 3 rings (SSSR count). The summed E-state index contributed by atoms with van der Waals surface area (Å²) in [6.07, 6.45) is 4.09. The third-order valence-electron chi connectivity index (χ3n) is 5.47. The van der Waals surface area contributed by atoms with Gasteiger partial charge in [-0.15, -0.1) is 11.3 Å². The summed E-state index contributed by atoms with van der Waals surface area (Å²) in [7, 11) is 0. The number of carbonyl (C=O) groups excluding carboxylic acids is 1. The lowest BCUT2D eigenvalue weighted by Crippen LogP contribution is -2.40. The third-order valence-corrected chi connectivity index (χ3v) is 6.98. The number of aryl methyl sites for hydroxylation is 2. The lowest BCUT2D eigenvalue weighted by molar-refractivity contribution is 0.203. The molecule has 0 bridgehead atoms. The first-order chi connectivity index (χ1) is 12.4. The maximum atomic E-state index is 12.4. The van der Waals surface area contributed by atoms with Gasteiger partial charge in [0.15, 0.2) is 0 Å². The molecule has 0 radical (unpaired) electrons. The van der Waals surface area contributed by atoms with Crippen LogP contribution in [-0.4, -0.2) is 17.7 Å². The Balaban J connectivity index is 1.66. The maximum absolute atomic E-state index is 12.4. The first kappa shape index (κ1) is 18.9. The molecule has 1 heterocycles. The van der Waals surface area contributed by atoms with E-state index in [-0.39, 0.29) is 11.4 Å². The molecule has 1 aliphatic carbocycles. The predicted octanol–water partition coefficient (Wildman–Crippen LogP) is 5.05. The largest absolute Gasteiger partial charge is 0.388 e. The van der Waals surface area contributed by atoms with E-state index < -0.39 is 6.10 Å². The van der Waals surface area contributed by atoms with E-state index in [1.54, 1.807) is 18.3 Å². The van der Waals surface area contributed by atoms with Gasteiger partial charge in [0.25, 0.3) is 0 Å². The Morgan fingerprint density at radius 1 is 1.19 bits per heavy atom. The summed E-state index contributed by atoms with van der Waals surface area (Å²) < 4.78 is 0. The Bertz CT molecular complexity index is 776. The van der Waals surface area contributed by atoms with E-state index in [1.807, 2.05) is 31.2 Å². The average Bonchev–Trinajstić information content (AvgIpc) is 3.26. The minimum atomic E-state index is -0.437. The summed E-state index contributed by atoms with van der Waals surface area (Å²) in [5.74, 6) is 0. The van der Waals surface area contributed by atoms with Gasteiger partial charge in [0.2, 0.25) is 0 Å². The molecule has 0 aliphatic heterocycles. The molecular weight excluding hydrogens is 344 g/mol. The highest BCUT2D eigenvalue weighted by Gasteiger charge is 2.37. The molecule has 5 heteroatoms. The monoisotopic (exact) mass is 372 g/mol. The minimum Gasteiger partial charge on any atom is -0.388 e. The lowest BCUT2D eigenvalue weighted by atomic mass is 9.84. The molecule has 1 aliphatic rings. The first-order valence-corrected chi connectivity index (χ1v) is 10.1. The van der Waals surface area contributed by atoms with Crippen molar-refractivity contribution >= 4 is 23.1 Å². The van der Waals surface area contributed by atoms with Gasteiger partial charge in [-0.3, -0.25) is 0 Å². The molecule has 2 amide bonds. The number of aliphatic hydroxyl groups is 1. The zero-order valence-corrected chi connectivity index (χ0v) is 16.6. The molecule has 3 N–H and O–H groups in total. The molecule has 1 aromatic heterocycles. The zero-order valence-electron chi connectivity index (χ0n) is 15.8. The number of anilines is 1. The van der Waals surface area contributed by atoms with E-state index in [1.165, 1.54) is 28.8 Å². The van der Waals surface area contributed by atoms with Crippen LogP contribution in [0, 0.1) is 13.8 Å². The fourth-order valence-electron chi connectivity index (χ4n) is 3.67. The van der Waals surface area contributed by atoms with Crippen molar-refractivity contribution in [3.8, 4) is 0 Å². The summed E-state index contributed by atoms with van der Waals surface area (Å²) in [6.45, 7) is 6.53. The van der Waals surface area contributed by atoms with E-state index in [9.17, 15) is 9.90 Å². The molecule has 4 nitrogen and oxygen atoms in total. The van der Waals surface area contributed by atoms with Crippen molar-refractivity contribution in [3.63, 3.8) is 0 Å². The third kappa shape index (κ3) is 4.10. The van der Waals surface area contributed by atoms with Crippen LogP contribution in [0.15, 0.2) is 30.3 Å². The smallest absolute Gasteiger partial charge is 0.319 e. The Morgan fingerprint density at radius 2 is 1.92 bits per heavy atom. The van der Waals surface area contributed by atoms with Crippen molar-refractivity contribution in [2.45, 2.75) is 58.0 Å². The number of benzene rings is 1. The maximum Gasteiger partial charge on any atom is 0.319 e. The van der Waals surface area contributed by atoms with Gasteiger partial charge in [0.05, 0.1) is 6.10 Å². The molecule has 0 spiro atoms. The molecule has 1 unspecified atom stereocenters. The van der Waals surface area contributed by atoms with Gasteiger partial charge >= 0.3 is 6.03 Å². The van der Waals surface area contributed by atoms with Crippen LogP contribution in [-0.2, 0) is 5.41 Å². The van der Waals surface area contributed by atoms with Crippen molar-refractivity contribution in [2.24, 2.45) is 0 Å². The molecule has 1 aromatic carbocycles. The van der Waals surface area contributed by atoms with E-state index in [0.717, 1.165) is 23.4 Å². The molecule has 1 fully saturated rings. The second-order valence-corrected chi connectivity index (χ2v) is 8.59. The van der Waals surface area contributed by atoms with Crippen molar-refractivity contribution < 1.29 is 9.90 Å². The second-order valence-electron chi connectivity index (χ2n) is 7.47. The average molecular weight is 373 g/mol. The molecule has 1 atom stereocenters. The van der Waals surface area contributed by atoms with E-state index in [0.29, 0.717) is 6.54 Å². The molecule has 1 saturated carbocycles. The predicted molar refractivity (Wildman–Crippen MR) is 108 cm³/mol. The van der Waals surface area contributed by atoms with Gasteiger partial charge in [-0.1, -0.05) is 18.9 Å². The van der Waals surface area contributed by atoms with Gasteiger partial charge in [-0.25, -0.2) is 4.79 Å². The van der Waals surface area contributed by atoms with Crippen LogP contribution in [0.25, 0.3) is 0 Å². The normalized spacial score (nSPS) is 17.1. The molecule has 0 saturated heterocycles. The Morgan fingerprint density at radius 3 is 2.54 bits per heavy atom. The lowest BCUT2D eigenvalue weighted by Gasteiger charge is -2.28. The van der Waals surface area contributed by atoms with Crippen LogP contribution in [0.2, 0.25) is 0 Å². The van der Waals surface area contributed by atoms with Gasteiger partial charge in [0, 0.05) is 27.4 Å². The first-order valence-electron chi connectivity index (χ1n) is 9.30. The van der Waals surface area contributed by atoms with Crippen molar-refractivity contribution in [1.29, 1.82) is 0 Å². The fraction of sp³-hybridized carbons (Fsp3) is 0.476. The van der Waals surface area contributed by atoms with Crippen LogP contribution in [0.1, 0.15) is 59.6 Å². The van der Waals surface area contributed by atoms with Crippen molar-refractivity contribution in [1.82, 2.24) is 5.32 Å².